The Balaban J connectivity index is 1.65. The quantitative estimate of drug-likeness (QED) is 0.157. The first-order valence-electron chi connectivity index (χ1n) is 12.3. The Bertz CT molecular complexity index is 726. The number of carbonyl (C=O) groups is 1. The Morgan fingerprint density at radius 3 is 1.94 bits per heavy atom. The highest BCUT2D eigenvalue weighted by molar-refractivity contribution is 5.72. The molecule has 1 aromatic carbocycles. The summed E-state index contributed by atoms with van der Waals surface area (Å²) in [6, 6.07) is 7.49. The minimum Gasteiger partial charge on any atom is -0.427 e. The maximum atomic E-state index is 11.7. The third-order valence-electron chi connectivity index (χ3n) is 5.61. The number of hydrogen-bond acceptors (Lipinski definition) is 4. The highest BCUT2D eigenvalue weighted by Gasteiger charge is 2.06. The standard InChI is InChI=1S/C27H40N2O2/c1-3-5-7-8-9-10-11-12-13-14-15-24-21-29-26(22-28-24)23-17-19-25(20-18-23)31-27(30)16-6-4-2/h17-22H,3-16H2,1-2H3. The van der Waals surface area contributed by atoms with Crippen LogP contribution in [0.4, 0.5) is 0 Å². The molecule has 31 heavy (non-hydrogen) atoms. The predicted octanol–water partition coefficient (Wildman–Crippen LogP) is 7.70. The average Bonchev–Trinajstić information content (AvgIpc) is 2.80. The Hall–Kier alpha value is -2.23. The minimum atomic E-state index is -0.175. The first kappa shape index (κ1) is 25.0. The highest BCUT2D eigenvalue weighted by Crippen LogP contribution is 2.21. The predicted molar refractivity (Wildman–Crippen MR) is 128 cm³/mol. The van der Waals surface area contributed by atoms with Crippen LogP contribution >= 0.6 is 0 Å². The van der Waals surface area contributed by atoms with Crippen LogP contribution in [0.25, 0.3) is 11.3 Å². The van der Waals surface area contributed by atoms with Gasteiger partial charge in [0.15, 0.2) is 0 Å². The molecule has 0 bridgehead atoms. The fraction of sp³-hybridized carbons (Fsp3) is 0.593. The van der Waals surface area contributed by atoms with Crippen LogP contribution in [0, 0.1) is 0 Å². The number of hydrogen-bond donors (Lipinski definition) is 0. The third-order valence-corrected chi connectivity index (χ3v) is 5.61. The first-order chi connectivity index (χ1) is 15.2. The highest BCUT2D eigenvalue weighted by atomic mass is 16.5. The number of aryl methyl sites for hydroxylation is 1. The van der Waals surface area contributed by atoms with E-state index in [1.54, 1.807) is 0 Å². The molecule has 0 aliphatic heterocycles. The Labute approximate surface area is 188 Å². The fourth-order valence-electron chi connectivity index (χ4n) is 3.62. The van der Waals surface area contributed by atoms with E-state index in [-0.39, 0.29) is 5.97 Å². The van der Waals surface area contributed by atoms with E-state index in [4.69, 9.17) is 4.74 Å². The molecule has 2 aromatic rings. The van der Waals surface area contributed by atoms with E-state index in [0.717, 1.165) is 36.2 Å². The van der Waals surface area contributed by atoms with Crippen molar-refractivity contribution in [1.29, 1.82) is 0 Å². The molecule has 0 saturated carbocycles. The molecule has 0 spiro atoms. The number of ether oxygens (including phenoxy) is 1. The molecule has 4 nitrogen and oxygen atoms in total. The minimum absolute atomic E-state index is 0.175. The molecule has 0 aliphatic rings. The Morgan fingerprint density at radius 2 is 1.35 bits per heavy atom. The van der Waals surface area contributed by atoms with E-state index in [9.17, 15) is 4.79 Å². The lowest BCUT2D eigenvalue weighted by molar-refractivity contribution is -0.134. The van der Waals surface area contributed by atoms with Crippen LogP contribution in [0.1, 0.15) is 103 Å². The lowest BCUT2D eigenvalue weighted by atomic mass is 10.1. The second-order valence-corrected chi connectivity index (χ2v) is 8.43. The molecule has 0 fully saturated rings. The summed E-state index contributed by atoms with van der Waals surface area (Å²) in [4.78, 5) is 20.9. The molecule has 1 aromatic heterocycles. The normalized spacial score (nSPS) is 10.9. The molecule has 1 heterocycles. The van der Waals surface area contributed by atoms with Crippen molar-refractivity contribution in [3.05, 3.63) is 42.4 Å². The third kappa shape index (κ3) is 10.6. The van der Waals surface area contributed by atoms with Crippen LogP contribution in [0.5, 0.6) is 5.75 Å². The number of nitrogens with zero attached hydrogens (tertiary/aromatic N) is 2. The zero-order valence-corrected chi connectivity index (χ0v) is 19.6. The zero-order chi connectivity index (χ0) is 22.2. The summed E-state index contributed by atoms with van der Waals surface area (Å²) >= 11 is 0. The number of esters is 1. The largest absolute Gasteiger partial charge is 0.427 e. The Morgan fingerprint density at radius 1 is 0.742 bits per heavy atom. The van der Waals surface area contributed by atoms with Crippen LogP contribution < -0.4 is 4.74 Å². The lowest BCUT2D eigenvalue weighted by Crippen LogP contribution is -2.07. The topological polar surface area (TPSA) is 52.1 Å². The van der Waals surface area contributed by atoms with Crippen LogP contribution in [0.15, 0.2) is 36.7 Å². The lowest BCUT2D eigenvalue weighted by Gasteiger charge is -2.06. The van der Waals surface area contributed by atoms with Crippen LogP contribution in [-0.4, -0.2) is 15.9 Å². The second-order valence-electron chi connectivity index (χ2n) is 8.43. The molecule has 4 heteroatoms. The van der Waals surface area contributed by atoms with E-state index in [0.29, 0.717) is 12.2 Å². The van der Waals surface area contributed by atoms with Crippen molar-refractivity contribution in [2.45, 2.75) is 104 Å². The van der Waals surface area contributed by atoms with Crippen molar-refractivity contribution in [2.24, 2.45) is 0 Å². The molecule has 0 aliphatic carbocycles. The number of benzene rings is 1. The smallest absolute Gasteiger partial charge is 0.311 e. The molecule has 0 N–H and O–H groups in total. The van der Waals surface area contributed by atoms with Gasteiger partial charge < -0.3 is 4.74 Å². The van der Waals surface area contributed by atoms with Crippen molar-refractivity contribution in [3.63, 3.8) is 0 Å². The van der Waals surface area contributed by atoms with Gasteiger partial charge in [-0.2, -0.15) is 0 Å². The summed E-state index contributed by atoms with van der Waals surface area (Å²) in [6.45, 7) is 4.33. The number of rotatable bonds is 16. The van der Waals surface area contributed by atoms with Crippen LogP contribution in [-0.2, 0) is 11.2 Å². The molecule has 0 saturated heterocycles. The van der Waals surface area contributed by atoms with Crippen molar-refractivity contribution < 1.29 is 9.53 Å². The van der Waals surface area contributed by atoms with Gasteiger partial charge in [-0.05, 0) is 43.5 Å². The molecule has 2 rings (SSSR count). The van der Waals surface area contributed by atoms with E-state index >= 15 is 0 Å². The van der Waals surface area contributed by atoms with E-state index in [1.165, 1.54) is 64.2 Å². The maximum absolute atomic E-state index is 11.7. The van der Waals surface area contributed by atoms with Crippen molar-refractivity contribution in [1.82, 2.24) is 9.97 Å². The van der Waals surface area contributed by atoms with Gasteiger partial charge >= 0.3 is 5.97 Å². The summed E-state index contributed by atoms with van der Waals surface area (Å²) in [5.41, 5.74) is 2.88. The molecule has 0 amide bonds. The van der Waals surface area contributed by atoms with Gasteiger partial charge in [0.05, 0.1) is 17.6 Å². The van der Waals surface area contributed by atoms with Crippen LogP contribution in [0.2, 0.25) is 0 Å². The van der Waals surface area contributed by atoms with Crippen molar-refractivity contribution >= 4 is 5.97 Å². The molecular formula is C27H40N2O2. The van der Waals surface area contributed by atoms with Crippen molar-refractivity contribution in [3.8, 4) is 17.0 Å². The molecule has 0 atom stereocenters. The van der Waals surface area contributed by atoms with E-state index < -0.39 is 0 Å². The summed E-state index contributed by atoms with van der Waals surface area (Å²) < 4.78 is 5.35. The van der Waals surface area contributed by atoms with Gasteiger partial charge in [-0.3, -0.25) is 14.8 Å². The van der Waals surface area contributed by atoms with Gasteiger partial charge in [0, 0.05) is 18.2 Å². The van der Waals surface area contributed by atoms with Gasteiger partial charge in [0.1, 0.15) is 5.75 Å². The SMILES string of the molecule is CCCCCCCCCCCCc1cnc(-c2ccc(OC(=O)CCCC)cc2)cn1. The monoisotopic (exact) mass is 424 g/mol. The molecule has 0 radical (unpaired) electrons. The van der Waals surface area contributed by atoms with E-state index in [2.05, 4.69) is 23.8 Å². The summed E-state index contributed by atoms with van der Waals surface area (Å²) in [5, 5.41) is 0. The van der Waals surface area contributed by atoms with Gasteiger partial charge in [-0.1, -0.05) is 78.1 Å². The van der Waals surface area contributed by atoms with Crippen molar-refractivity contribution in [2.75, 3.05) is 0 Å². The first-order valence-corrected chi connectivity index (χ1v) is 12.3. The summed E-state index contributed by atoms with van der Waals surface area (Å²) in [6.07, 6.45) is 20.5. The average molecular weight is 425 g/mol. The molecule has 170 valence electrons. The van der Waals surface area contributed by atoms with Gasteiger partial charge in [-0.15, -0.1) is 0 Å². The second kappa shape index (κ2) is 15.6. The number of aromatic nitrogens is 2. The fourth-order valence-corrected chi connectivity index (χ4v) is 3.62. The van der Waals surface area contributed by atoms with E-state index in [1.807, 2.05) is 36.7 Å². The summed E-state index contributed by atoms with van der Waals surface area (Å²) in [7, 11) is 0. The number of unbranched alkanes of at least 4 members (excludes halogenated alkanes) is 10. The van der Waals surface area contributed by atoms with Gasteiger partial charge in [0.25, 0.3) is 0 Å². The molecular weight excluding hydrogens is 384 g/mol. The van der Waals surface area contributed by atoms with Gasteiger partial charge in [-0.25, -0.2) is 0 Å². The molecule has 0 unspecified atom stereocenters. The number of carbonyl (C=O) groups excluding carboxylic acids is 1. The Kier molecular flexibility index (Phi) is 12.6. The summed E-state index contributed by atoms with van der Waals surface area (Å²) in [5.74, 6) is 0.404. The zero-order valence-electron chi connectivity index (χ0n) is 19.6. The maximum Gasteiger partial charge on any atom is 0.311 e. The van der Waals surface area contributed by atoms with Gasteiger partial charge in [0.2, 0.25) is 0 Å². The van der Waals surface area contributed by atoms with Crippen LogP contribution in [0.3, 0.4) is 0 Å².